The smallest absolute Gasteiger partial charge is 0.0621 e. The van der Waals surface area contributed by atoms with Crippen molar-refractivity contribution in [2.45, 2.75) is 45.1 Å². The molecule has 0 amide bonds. The van der Waals surface area contributed by atoms with E-state index in [-0.39, 0.29) is 6.04 Å². The molecule has 1 aliphatic heterocycles. The van der Waals surface area contributed by atoms with E-state index in [1.807, 2.05) is 0 Å². The summed E-state index contributed by atoms with van der Waals surface area (Å²) >= 11 is 0. The first kappa shape index (κ1) is 12.3. The predicted molar refractivity (Wildman–Crippen MR) is 66.3 cm³/mol. The Hall–Kier alpha value is -0.120. The molecule has 3 N–H and O–H groups in total. The maximum atomic E-state index is 5.97. The van der Waals surface area contributed by atoms with E-state index in [0.29, 0.717) is 11.3 Å². The van der Waals surface area contributed by atoms with Gasteiger partial charge in [0, 0.05) is 25.0 Å². The summed E-state index contributed by atoms with van der Waals surface area (Å²) in [7, 11) is 0. The van der Waals surface area contributed by atoms with Gasteiger partial charge in [0.15, 0.2) is 0 Å². The van der Waals surface area contributed by atoms with Gasteiger partial charge in [-0.3, -0.25) is 0 Å². The molecule has 3 heteroatoms. The molecule has 0 aromatic rings. The molecule has 0 spiro atoms. The van der Waals surface area contributed by atoms with Crippen LogP contribution in [0.5, 0.6) is 0 Å². The molecule has 1 aliphatic carbocycles. The van der Waals surface area contributed by atoms with Gasteiger partial charge in [0.05, 0.1) is 13.2 Å². The highest BCUT2D eigenvalue weighted by atomic mass is 16.5. The van der Waals surface area contributed by atoms with Crippen LogP contribution in [0.1, 0.15) is 39.0 Å². The molecule has 16 heavy (non-hydrogen) atoms. The maximum Gasteiger partial charge on any atom is 0.0621 e. The quantitative estimate of drug-likeness (QED) is 0.764. The van der Waals surface area contributed by atoms with Crippen LogP contribution in [0.4, 0.5) is 0 Å². The molecular formula is C13H26N2O. The molecule has 2 fully saturated rings. The van der Waals surface area contributed by atoms with Crippen molar-refractivity contribution in [3.63, 3.8) is 0 Å². The van der Waals surface area contributed by atoms with E-state index >= 15 is 0 Å². The minimum atomic E-state index is 0.242. The lowest BCUT2D eigenvalue weighted by molar-refractivity contribution is 0.178. The summed E-state index contributed by atoms with van der Waals surface area (Å²) < 4.78 is 5.37. The third-order valence-corrected chi connectivity index (χ3v) is 4.27. The fraction of sp³-hybridized carbons (Fsp3) is 1.00. The van der Waals surface area contributed by atoms with E-state index in [9.17, 15) is 0 Å². The van der Waals surface area contributed by atoms with Crippen molar-refractivity contribution < 1.29 is 4.74 Å². The molecule has 94 valence electrons. The van der Waals surface area contributed by atoms with E-state index < -0.39 is 0 Å². The lowest BCUT2D eigenvalue weighted by atomic mass is 9.75. The third-order valence-electron chi connectivity index (χ3n) is 4.27. The maximum absolute atomic E-state index is 5.97. The van der Waals surface area contributed by atoms with Gasteiger partial charge in [-0.05, 0) is 18.3 Å². The number of ether oxygens (including phenoxy) is 1. The largest absolute Gasteiger partial charge is 0.379 e. The van der Waals surface area contributed by atoms with Crippen LogP contribution in [-0.4, -0.2) is 32.3 Å². The Morgan fingerprint density at radius 1 is 1.25 bits per heavy atom. The van der Waals surface area contributed by atoms with E-state index in [1.54, 1.807) is 0 Å². The molecule has 1 saturated carbocycles. The molecule has 2 unspecified atom stereocenters. The minimum Gasteiger partial charge on any atom is -0.379 e. The van der Waals surface area contributed by atoms with Crippen molar-refractivity contribution in [2.24, 2.45) is 17.1 Å². The van der Waals surface area contributed by atoms with Crippen molar-refractivity contribution in [1.29, 1.82) is 0 Å². The van der Waals surface area contributed by atoms with E-state index in [0.717, 1.165) is 26.3 Å². The highest BCUT2D eigenvalue weighted by molar-refractivity contribution is 4.83. The lowest BCUT2D eigenvalue weighted by Crippen LogP contribution is -2.40. The minimum absolute atomic E-state index is 0.242. The summed E-state index contributed by atoms with van der Waals surface area (Å²) in [5.41, 5.74) is 6.50. The normalized spacial score (nSPS) is 34.1. The highest BCUT2D eigenvalue weighted by Crippen LogP contribution is 2.34. The summed E-state index contributed by atoms with van der Waals surface area (Å²) in [6.07, 6.45) is 7.01. The second-order valence-electron chi connectivity index (χ2n) is 5.96. The number of nitrogens with one attached hydrogen (secondary N) is 1. The average Bonchev–Trinajstić information content (AvgIpc) is 2.65. The van der Waals surface area contributed by atoms with Crippen LogP contribution >= 0.6 is 0 Å². The van der Waals surface area contributed by atoms with Crippen LogP contribution in [0.25, 0.3) is 0 Å². The third kappa shape index (κ3) is 3.19. The van der Waals surface area contributed by atoms with E-state index in [2.05, 4.69) is 12.2 Å². The molecule has 2 aliphatic rings. The Balaban J connectivity index is 1.66. The number of nitrogens with two attached hydrogens (primary N) is 1. The topological polar surface area (TPSA) is 47.3 Å². The Morgan fingerprint density at radius 2 is 2.00 bits per heavy atom. The van der Waals surface area contributed by atoms with Gasteiger partial charge in [0.2, 0.25) is 0 Å². The van der Waals surface area contributed by atoms with Gasteiger partial charge >= 0.3 is 0 Å². The fourth-order valence-corrected chi connectivity index (χ4v) is 2.97. The number of hydrogen-bond donors (Lipinski definition) is 2. The molecule has 1 saturated heterocycles. The molecular weight excluding hydrogens is 200 g/mol. The first-order chi connectivity index (χ1) is 7.70. The Bertz CT molecular complexity index is 214. The molecule has 0 radical (unpaired) electrons. The summed E-state index contributed by atoms with van der Waals surface area (Å²) in [5, 5.41) is 3.61. The Morgan fingerprint density at radius 3 is 2.62 bits per heavy atom. The number of hydrogen-bond acceptors (Lipinski definition) is 3. The highest BCUT2D eigenvalue weighted by Gasteiger charge is 2.28. The van der Waals surface area contributed by atoms with Gasteiger partial charge in [-0.2, -0.15) is 0 Å². The Kier molecular flexibility index (Phi) is 4.22. The molecule has 0 aromatic heterocycles. The SMILES string of the molecule is CC1(CNCC2COCC2N)CCCCC1. The standard InChI is InChI=1S/C13H26N2O/c1-13(5-3-2-4-6-13)10-15-7-11-8-16-9-12(11)14/h11-12,15H,2-10,14H2,1H3. The summed E-state index contributed by atoms with van der Waals surface area (Å²) in [6, 6.07) is 0.242. The molecule has 2 rings (SSSR count). The zero-order valence-electron chi connectivity index (χ0n) is 10.5. The zero-order valence-corrected chi connectivity index (χ0v) is 10.5. The molecule has 0 aromatic carbocycles. The fourth-order valence-electron chi connectivity index (χ4n) is 2.97. The van der Waals surface area contributed by atoms with Crippen molar-refractivity contribution in [3.05, 3.63) is 0 Å². The van der Waals surface area contributed by atoms with Gasteiger partial charge in [0.25, 0.3) is 0 Å². The monoisotopic (exact) mass is 226 g/mol. The van der Waals surface area contributed by atoms with Gasteiger partial charge in [-0.15, -0.1) is 0 Å². The molecule has 0 bridgehead atoms. The van der Waals surface area contributed by atoms with Crippen LogP contribution in [0, 0.1) is 11.3 Å². The van der Waals surface area contributed by atoms with Gasteiger partial charge < -0.3 is 15.8 Å². The van der Waals surface area contributed by atoms with E-state index in [1.165, 1.54) is 32.1 Å². The zero-order chi connectivity index (χ0) is 11.4. The second-order valence-corrected chi connectivity index (χ2v) is 5.96. The van der Waals surface area contributed by atoms with E-state index in [4.69, 9.17) is 10.5 Å². The second kappa shape index (κ2) is 5.48. The van der Waals surface area contributed by atoms with Crippen molar-refractivity contribution in [3.8, 4) is 0 Å². The van der Waals surface area contributed by atoms with Crippen LogP contribution in [0.3, 0.4) is 0 Å². The van der Waals surface area contributed by atoms with Gasteiger partial charge in [0.1, 0.15) is 0 Å². The summed E-state index contributed by atoms with van der Waals surface area (Å²) in [5.74, 6) is 0.521. The van der Waals surface area contributed by atoms with Crippen LogP contribution in [-0.2, 0) is 4.74 Å². The predicted octanol–water partition coefficient (Wildman–Crippen LogP) is 1.52. The first-order valence-electron chi connectivity index (χ1n) is 6.74. The lowest BCUT2D eigenvalue weighted by Gasteiger charge is -2.34. The molecule has 2 atom stereocenters. The van der Waals surface area contributed by atoms with Gasteiger partial charge in [-0.1, -0.05) is 26.2 Å². The number of rotatable bonds is 4. The first-order valence-corrected chi connectivity index (χ1v) is 6.74. The molecule has 1 heterocycles. The van der Waals surface area contributed by atoms with Crippen molar-refractivity contribution in [2.75, 3.05) is 26.3 Å². The van der Waals surface area contributed by atoms with Gasteiger partial charge in [-0.25, -0.2) is 0 Å². The Labute approximate surface area is 99.1 Å². The van der Waals surface area contributed by atoms with Crippen LogP contribution in [0.2, 0.25) is 0 Å². The summed E-state index contributed by atoms with van der Waals surface area (Å²) in [4.78, 5) is 0. The van der Waals surface area contributed by atoms with Crippen LogP contribution in [0.15, 0.2) is 0 Å². The molecule has 3 nitrogen and oxygen atoms in total. The van der Waals surface area contributed by atoms with Crippen molar-refractivity contribution in [1.82, 2.24) is 5.32 Å². The summed E-state index contributed by atoms with van der Waals surface area (Å²) in [6.45, 7) is 6.17. The van der Waals surface area contributed by atoms with Crippen LogP contribution < -0.4 is 11.1 Å². The average molecular weight is 226 g/mol. The van der Waals surface area contributed by atoms with Crippen molar-refractivity contribution >= 4 is 0 Å².